The minimum Gasteiger partial charge on any atom is -0.394 e. The van der Waals surface area contributed by atoms with Crippen molar-refractivity contribution in [3.8, 4) is 0 Å². The number of hydrogen-bond donors (Lipinski definition) is 2. The first kappa shape index (κ1) is 13.2. The van der Waals surface area contributed by atoms with Crippen molar-refractivity contribution < 1.29 is 9.84 Å². The maximum absolute atomic E-state index is 8.44. The molecule has 4 heteroatoms. The lowest BCUT2D eigenvalue weighted by molar-refractivity contribution is 0.0928. The molecular formula is C9H21NO2S. The quantitative estimate of drug-likeness (QED) is 0.547. The van der Waals surface area contributed by atoms with Gasteiger partial charge in [-0.3, -0.25) is 0 Å². The second kappa shape index (κ2) is 10.3. The van der Waals surface area contributed by atoms with E-state index in [1.54, 1.807) is 0 Å². The maximum Gasteiger partial charge on any atom is 0.0698 e. The monoisotopic (exact) mass is 207 g/mol. The Morgan fingerprint density at radius 3 is 2.85 bits per heavy atom. The second-order valence-electron chi connectivity index (χ2n) is 2.97. The number of thioether (sulfide) groups is 1. The lowest BCUT2D eigenvalue weighted by atomic mass is 10.2. The molecule has 0 aromatic heterocycles. The van der Waals surface area contributed by atoms with Crippen molar-refractivity contribution in [2.75, 3.05) is 38.4 Å². The summed E-state index contributed by atoms with van der Waals surface area (Å²) in [5.41, 5.74) is 0. The van der Waals surface area contributed by atoms with Crippen LogP contribution >= 0.6 is 11.8 Å². The maximum atomic E-state index is 8.44. The Hall–Kier alpha value is 0.230. The summed E-state index contributed by atoms with van der Waals surface area (Å²) in [5, 5.41) is 11.8. The third-order valence-corrected chi connectivity index (χ3v) is 2.37. The van der Waals surface area contributed by atoms with Crippen LogP contribution in [-0.2, 0) is 4.74 Å². The summed E-state index contributed by atoms with van der Waals surface area (Å²) in [6, 6.07) is 0.560. The van der Waals surface area contributed by atoms with Crippen molar-refractivity contribution in [2.24, 2.45) is 0 Å². The third kappa shape index (κ3) is 10.1. The number of rotatable bonds is 9. The zero-order valence-corrected chi connectivity index (χ0v) is 9.40. The van der Waals surface area contributed by atoms with Crippen molar-refractivity contribution in [3.05, 3.63) is 0 Å². The van der Waals surface area contributed by atoms with Crippen LogP contribution in [-0.4, -0.2) is 49.5 Å². The van der Waals surface area contributed by atoms with E-state index in [4.69, 9.17) is 9.84 Å². The molecule has 0 spiro atoms. The summed E-state index contributed by atoms with van der Waals surface area (Å²) in [7, 11) is 0. The van der Waals surface area contributed by atoms with E-state index < -0.39 is 0 Å². The molecule has 0 amide bonds. The summed E-state index contributed by atoms with van der Waals surface area (Å²) >= 11 is 1.87. The molecule has 0 aromatic carbocycles. The first-order chi connectivity index (χ1) is 6.31. The average Bonchev–Trinajstić information content (AvgIpc) is 2.14. The van der Waals surface area contributed by atoms with Crippen molar-refractivity contribution >= 4 is 11.8 Å². The summed E-state index contributed by atoms with van der Waals surface area (Å²) < 4.78 is 5.12. The van der Waals surface area contributed by atoms with Gasteiger partial charge in [0, 0.05) is 12.6 Å². The molecule has 80 valence electrons. The fourth-order valence-corrected chi connectivity index (χ4v) is 1.53. The molecule has 0 heterocycles. The van der Waals surface area contributed by atoms with Gasteiger partial charge in [0.25, 0.3) is 0 Å². The molecule has 3 nitrogen and oxygen atoms in total. The van der Waals surface area contributed by atoms with Gasteiger partial charge in [0.1, 0.15) is 0 Å². The van der Waals surface area contributed by atoms with Crippen molar-refractivity contribution in [1.29, 1.82) is 0 Å². The molecule has 0 saturated heterocycles. The molecule has 0 rings (SSSR count). The predicted molar refractivity (Wildman–Crippen MR) is 58.4 cm³/mol. The molecule has 0 aliphatic rings. The Labute approximate surface area is 85.2 Å². The molecule has 0 bridgehead atoms. The highest BCUT2D eigenvalue weighted by molar-refractivity contribution is 7.98. The molecule has 0 saturated carbocycles. The Kier molecular flexibility index (Phi) is 10.5. The first-order valence-corrected chi connectivity index (χ1v) is 6.11. The van der Waals surface area contributed by atoms with Crippen LogP contribution in [0.25, 0.3) is 0 Å². The van der Waals surface area contributed by atoms with Gasteiger partial charge in [0.2, 0.25) is 0 Å². The summed E-state index contributed by atoms with van der Waals surface area (Å²) in [4.78, 5) is 0. The lowest BCUT2D eigenvalue weighted by Crippen LogP contribution is -2.30. The Balaban J connectivity index is 3.03. The number of ether oxygens (including phenoxy) is 1. The van der Waals surface area contributed by atoms with Gasteiger partial charge in [-0.15, -0.1) is 0 Å². The Bertz CT molecular complexity index is 104. The van der Waals surface area contributed by atoms with Crippen LogP contribution in [0.4, 0.5) is 0 Å². The van der Waals surface area contributed by atoms with E-state index in [2.05, 4.69) is 18.5 Å². The fraction of sp³-hybridized carbons (Fsp3) is 1.00. The summed E-state index contributed by atoms with van der Waals surface area (Å²) in [5.74, 6) is 1.20. The topological polar surface area (TPSA) is 41.5 Å². The van der Waals surface area contributed by atoms with E-state index in [0.29, 0.717) is 19.3 Å². The molecule has 0 radical (unpaired) electrons. The lowest BCUT2D eigenvalue weighted by Gasteiger charge is -2.12. The molecule has 1 unspecified atom stereocenters. The van der Waals surface area contributed by atoms with Gasteiger partial charge in [-0.2, -0.15) is 11.8 Å². The predicted octanol–water partition coefficient (Wildman–Crippen LogP) is 0.726. The van der Waals surface area contributed by atoms with Crippen LogP contribution in [0.3, 0.4) is 0 Å². The minimum absolute atomic E-state index is 0.113. The number of hydrogen-bond acceptors (Lipinski definition) is 4. The van der Waals surface area contributed by atoms with Crippen LogP contribution in [0.1, 0.15) is 13.3 Å². The van der Waals surface area contributed by atoms with E-state index in [0.717, 1.165) is 6.54 Å². The molecular weight excluding hydrogens is 186 g/mol. The zero-order valence-electron chi connectivity index (χ0n) is 8.58. The summed E-state index contributed by atoms with van der Waals surface area (Å²) in [6.07, 6.45) is 3.32. The van der Waals surface area contributed by atoms with Crippen molar-refractivity contribution in [1.82, 2.24) is 5.32 Å². The highest BCUT2D eigenvalue weighted by atomic mass is 32.2. The molecule has 0 fully saturated rings. The fourth-order valence-electron chi connectivity index (χ4n) is 0.941. The molecule has 0 aliphatic heterocycles. The van der Waals surface area contributed by atoms with Crippen LogP contribution in [0.2, 0.25) is 0 Å². The van der Waals surface area contributed by atoms with Gasteiger partial charge in [0.15, 0.2) is 0 Å². The number of nitrogens with one attached hydrogen (secondary N) is 1. The van der Waals surface area contributed by atoms with Gasteiger partial charge >= 0.3 is 0 Å². The number of aliphatic hydroxyl groups is 1. The molecule has 0 aromatic rings. The van der Waals surface area contributed by atoms with E-state index in [1.165, 1.54) is 12.2 Å². The van der Waals surface area contributed by atoms with Crippen molar-refractivity contribution in [3.63, 3.8) is 0 Å². The number of aliphatic hydroxyl groups excluding tert-OH is 1. The molecule has 2 N–H and O–H groups in total. The Morgan fingerprint density at radius 2 is 2.23 bits per heavy atom. The van der Waals surface area contributed by atoms with Gasteiger partial charge < -0.3 is 15.2 Å². The Morgan fingerprint density at radius 1 is 1.46 bits per heavy atom. The van der Waals surface area contributed by atoms with Gasteiger partial charge in [0.05, 0.1) is 19.8 Å². The zero-order chi connectivity index (χ0) is 9.94. The molecule has 13 heavy (non-hydrogen) atoms. The van der Waals surface area contributed by atoms with Crippen LogP contribution in [0.5, 0.6) is 0 Å². The van der Waals surface area contributed by atoms with Crippen molar-refractivity contribution in [2.45, 2.75) is 19.4 Å². The highest BCUT2D eigenvalue weighted by Gasteiger charge is 1.98. The minimum atomic E-state index is 0.113. The van der Waals surface area contributed by atoms with Gasteiger partial charge in [-0.05, 0) is 25.4 Å². The van der Waals surface area contributed by atoms with Crippen LogP contribution in [0, 0.1) is 0 Å². The highest BCUT2D eigenvalue weighted by Crippen LogP contribution is 1.98. The van der Waals surface area contributed by atoms with Crippen LogP contribution in [0.15, 0.2) is 0 Å². The van der Waals surface area contributed by atoms with Gasteiger partial charge in [-0.25, -0.2) is 0 Å². The molecule has 0 aliphatic carbocycles. The normalized spacial score (nSPS) is 13.2. The smallest absolute Gasteiger partial charge is 0.0698 e. The van der Waals surface area contributed by atoms with E-state index >= 15 is 0 Å². The summed E-state index contributed by atoms with van der Waals surface area (Å²) in [6.45, 7) is 4.30. The standard InChI is InChI=1S/C9H21NO2S/c1-9(3-8-13-2)10-4-6-12-7-5-11/h9-11H,3-8H2,1-2H3. The molecule has 1 atom stereocenters. The average molecular weight is 207 g/mol. The first-order valence-electron chi connectivity index (χ1n) is 4.72. The van der Waals surface area contributed by atoms with E-state index in [9.17, 15) is 0 Å². The van der Waals surface area contributed by atoms with Gasteiger partial charge in [-0.1, -0.05) is 0 Å². The van der Waals surface area contributed by atoms with E-state index in [-0.39, 0.29) is 6.61 Å². The third-order valence-electron chi connectivity index (χ3n) is 1.73. The second-order valence-corrected chi connectivity index (χ2v) is 3.96. The largest absolute Gasteiger partial charge is 0.394 e. The van der Waals surface area contributed by atoms with Crippen LogP contribution < -0.4 is 5.32 Å². The van der Waals surface area contributed by atoms with E-state index in [1.807, 2.05) is 11.8 Å². The SMILES string of the molecule is CSCCC(C)NCCOCCO.